The number of hydrogen-bond acceptors (Lipinski definition) is 1. The molecular formula is C16H20Cl2O2. The van der Waals surface area contributed by atoms with Gasteiger partial charge in [0.15, 0.2) is 0 Å². The Morgan fingerprint density at radius 1 is 1.35 bits per heavy atom. The molecule has 2 rings (SSSR count). The summed E-state index contributed by atoms with van der Waals surface area (Å²) in [6, 6.07) is 5.57. The SMILES string of the molecule is CC1(C)CCC(C(=O)O)C(Cc2ccc(Cl)c(Cl)c2)C1. The van der Waals surface area contributed by atoms with Gasteiger partial charge in [0.2, 0.25) is 0 Å². The van der Waals surface area contributed by atoms with E-state index in [1.54, 1.807) is 6.07 Å². The predicted octanol–water partition coefficient (Wildman–Crippen LogP) is 5.06. The van der Waals surface area contributed by atoms with Gasteiger partial charge in [-0.2, -0.15) is 0 Å². The van der Waals surface area contributed by atoms with Gasteiger partial charge in [-0.25, -0.2) is 0 Å². The van der Waals surface area contributed by atoms with Gasteiger partial charge in [0.25, 0.3) is 0 Å². The second-order valence-electron chi connectivity index (χ2n) is 6.56. The van der Waals surface area contributed by atoms with E-state index in [1.807, 2.05) is 12.1 Å². The summed E-state index contributed by atoms with van der Waals surface area (Å²) in [5, 5.41) is 10.5. The molecule has 0 radical (unpaired) electrons. The summed E-state index contributed by atoms with van der Waals surface area (Å²) in [5.41, 5.74) is 1.28. The fourth-order valence-corrected chi connectivity index (χ4v) is 3.57. The minimum atomic E-state index is -0.675. The first-order valence-electron chi connectivity index (χ1n) is 6.95. The van der Waals surface area contributed by atoms with Crippen molar-refractivity contribution in [1.82, 2.24) is 0 Å². The molecule has 2 nitrogen and oxygen atoms in total. The fraction of sp³-hybridized carbons (Fsp3) is 0.562. The van der Waals surface area contributed by atoms with E-state index in [9.17, 15) is 9.90 Å². The molecule has 2 unspecified atom stereocenters. The van der Waals surface area contributed by atoms with Crippen molar-refractivity contribution in [2.24, 2.45) is 17.3 Å². The minimum Gasteiger partial charge on any atom is -0.481 e. The Labute approximate surface area is 130 Å². The molecule has 20 heavy (non-hydrogen) atoms. The second-order valence-corrected chi connectivity index (χ2v) is 7.38. The summed E-state index contributed by atoms with van der Waals surface area (Å²) in [6.45, 7) is 4.43. The van der Waals surface area contributed by atoms with E-state index in [4.69, 9.17) is 23.2 Å². The molecule has 2 atom stereocenters. The van der Waals surface area contributed by atoms with E-state index in [2.05, 4.69) is 13.8 Å². The highest BCUT2D eigenvalue weighted by molar-refractivity contribution is 6.42. The van der Waals surface area contributed by atoms with Crippen LogP contribution in [0.15, 0.2) is 18.2 Å². The van der Waals surface area contributed by atoms with Crippen molar-refractivity contribution in [3.05, 3.63) is 33.8 Å². The molecule has 1 N–H and O–H groups in total. The van der Waals surface area contributed by atoms with Crippen molar-refractivity contribution < 1.29 is 9.90 Å². The summed E-state index contributed by atoms with van der Waals surface area (Å²) in [6.07, 6.45) is 3.41. The fourth-order valence-electron chi connectivity index (χ4n) is 3.24. The van der Waals surface area contributed by atoms with Crippen LogP contribution >= 0.6 is 23.2 Å². The first kappa shape index (κ1) is 15.7. The standard InChI is InChI=1S/C16H20Cl2O2/c1-16(2)6-5-12(15(19)20)11(9-16)7-10-3-4-13(17)14(18)8-10/h3-4,8,11-12H,5-7,9H2,1-2H3,(H,19,20). The average Bonchev–Trinajstić information content (AvgIpc) is 2.32. The number of carboxylic acid groups (broad SMARTS) is 1. The van der Waals surface area contributed by atoms with Crippen LogP contribution in [-0.2, 0) is 11.2 Å². The van der Waals surface area contributed by atoms with Crippen LogP contribution in [0.2, 0.25) is 10.0 Å². The maximum atomic E-state index is 11.4. The molecule has 0 heterocycles. The average molecular weight is 315 g/mol. The number of rotatable bonds is 3. The molecule has 1 aromatic carbocycles. The van der Waals surface area contributed by atoms with Crippen LogP contribution in [0, 0.1) is 17.3 Å². The summed E-state index contributed by atoms with van der Waals surface area (Å²) in [4.78, 5) is 11.4. The molecule has 0 bridgehead atoms. The van der Waals surface area contributed by atoms with Gasteiger partial charge in [0, 0.05) is 0 Å². The predicted molar refractivity (Wildman–Crippen MR) is 82.4 cm³/mol. The lowest BCUT2D eigenvalue weighted by atomic mass is 9.65. The summed E-state index contributed by atoms with van der Waals surface area (Å²) in [5.74, 6) is -0.767. The lowest BCUT2D eigenvalue weighted by Crippen LogP contribution is -2.35. The number of carboxylic acids is 1. The molecular weight excluding hydrogens is 295 g/mol. The van der Waals surface area contributed by atoms with Gasteiger partial charge in [0.1, 0.15) is 0 Å². The Kier molecular flexibility index (Phi) is 4.66. The van der Waals surface area contributed by atoms with Gasteiger partial charge in [-0.1, -0.05) is 43.1 Å². The zero-order valence-corrected chi connectivity index (χ0v) is 13.3. The number of aliphatic carboxylic acids is 1. The van der Waals surface area contributed by atoms with Crippen molar-refractivity contribution in [3.63, 3.8) is 0 Å². The van der Waals surface area contributed by atoms with E-state index in [0.717, 1.165) is 31.2 Å². The molecule has 0 amide bonds. The second kappa shape index (κ2) is 5.95. The van der Waals surface area contributed by atoms with Gasteiger partial charge in [-0.05, 0) is 54.7 Å². The largest absolute Gasteiger partial charge is 0.481 e. The lowest BCUT2D eigenvalue weighted by Gasteiger charge is -2.39. The van der Waals surface area contributed by atoms with Crippen LogP contribution in [0.5, 0.6) is 0 Å². The van der Waals surface area contributed by atoms with Crippen LogP contribution in [-0.4, -0.2) is 11.1 Å². The first-order valence-corrected chi connectivity index (χ1v) is 7.71. The molecule has 110 valence electrons. The van der Waals surface area contributed by atoms with Gasteiger partial charge >= 0.3 is 5.97 Å². The topological polar surface area (TPSA) is 37.3 Å². The van der Waals surface area contributed by atoms with Crippen molar-refractivity contribution in [1.29, 1.82) is 0 Å². The Morgan fingerprint density at radius 2 is 2.05 bits per heavy atom. The zero-order valence-electron chi connectivity index (χ0n) is 11.8. The minimum absolute atomic E-state index is 0.161. The third-order valence-electron chi connectivity index (χ3n) is 4.32. The van der Waals surface area contributed by atoms with Gasteiger partial charge in [0.05, 0.1) is 16.0 Å². The lowest BCUT2D eigenvalue weighted by molar-refractivity contribution is -0.146. The van der Waals surface area contributed by atoms with Crippen LogP contribution < -0.4 is 0 Å². The van der Waals surface area contributed by atoms with Crippen molar-refractivity contribution in [2.45, 2.75) is 39.5 Å². The molecule has 0 saturated heterocycles. The van der Waals surface area contributed by atoms with Crippen LogP contribution in [0.4, 0.5) is 0 Å². The maximum Gasteiger partial charge on any atom is 0.306 e. The number of hydrogen-bond donors (Lipinski definition) is 1. The van der Waals surface area contributed by atoms with E-state index in [-0.39, 0.29) is 17.3 Å². The van der Waals surface area contributed by atoms with E-state index >= 15 is 0 Å². The van der Waals surface area contributed by atoms with E-state index in [0.29, 0.717) is 10.0 Å². The molecule has 1 aromatic rings. The Balaban J connectivity index is 2.18. The first-order chi connectivity index (χ1) is 9.28. The quantitative estimate of drug-likeness (QED) is 0.846. The Hall–Kier alpha value is -0.730. The summed E-state index contributed by atoms with van der Waals surface area (Å²) < 4.78 is 0. The highest BCUT2D eigenvalue weighted by Crippen LogP contribution is 2.43. The van der Waals surface area contributed by atoms with Crippen LogP contribution in [0.3, 0.4) is 0 Å². The molecule has 1 aliphatic rings. The highest BCUT2D eigenvalue weighted by atomic mass is 35.5. The van der Waals surface area contributed by atoms with Gasteiger partial charge < -0.3 is 5.11 Å². The number of carbonyl (C=O) groups is 1. The molecule has 0 spiro atoms. The van der Waals surface area contributed by atoms with E-state index < -0.39 is 5.97 Å². The number of benzene rings is 1. The van der Waals surface area contributed by atoms with E-state index in [1.165, 1.54) is 0 Å². The van der Waals surface area contributed by atoms with Crippen LogP contribution in [0.1, 0.15) is 38.7 Å². The van der Waals surface area contributed by atoms with Crippen molar-refractivity contribution in [3.8, 4) is 0 Å². The summed E-state index contributed by atoms with van der Waals surface area (Å²) >= 11 is 12.0. The van der Waals surface area contributed by atoms with Gasteiger partial charge in [-0.15, -0.1) is 0 Å². The summed E-state index contributed by atoms with van der Waals surface area (Å²) in [7, 11) is 0. The smallest absolute Gasteiger partial charge is 0.306 e. The Morgan fingerprint density at radius 3 is 2.65 bits per heavy atom. The molecule has 1 aliphatic carbocycles. The van der Waals surface area contributed by atoms with Crippen LogP contribution in [0.25, 0.3) is 0 Å². The highest BCUT2D eigenvalue weighted by Gasteiger charge is 2.38. The normalized spacial score (nSPS) is 25.4. The molecule has 4 heteroatoms. The van der Waals surface area contributed by atoms with Gasteiger partial charge in [-0.3, -0.25) is 4.79 Å². The third kappa shape index (κ3) is 3.67. The monoisotopic (exact) mass is 314 g/mol. The Bertz CT molecular complexity index is 511. The maximum absolute atomic E-state index is 11.4. The molecule has 0 aliphatic heterocycles. The molecule has 1 saturated carbocycles. The zero-order chi connectivity index (χ0) is 14.9. The number of halogens is 2. The van der Waals surface area contributed by atoms with Crippen molar-refractivity contribution >= 4 is 29.2 Å². The molecule has 1 fully saturated rings. The molecule has 0 aromatic heterocycles. The third-order valence-corrected chi connectivity index (χ3v) is 5.05. The van der Waals surface area contributed by atoms with Crippen molar-refractivity contribution in [2.75, 3.05) is 0 Å².